The molecule has 1 aromatic heterocycles. The van der Waals surface area contributed by atoms with Gasteiger partial charge in [-0.25, -0.2) is 4.98 Å². The Labute approximate surface area is 128 Å². The minimum Gasteiger partial charge on any atom is -0.496 e. The Morgan fingerprint density at radius 1 is 1.27 bits per heavy atom. The highest BCUT2D eigenvalue weighted by atomic mass is 16.5. The number of nitrogens with two attached hydrogens (primary N) is 1. The first-order chi connectivity index (χ1) is 10.6. The monoisotopic (exact) mass is 295 g/mol. The van der Waals surface area contributed by atoms with E-state index in [1.54, 1.807) is 19.2 Å². The van der Waals surface area contributed by atoms with E-state index in [0.717, 1.165) is 28.2 Å². The lowest BCUT2D eigenvalue weighted by Crippen LogP contribution is -2.10. The van der Waals surface area contributed by atoms with Crippen molar-refractivity contribution in [3.8, 4) is 5.75 Å². The molecule has 22 heavy (non-hydrogen) atoms. The number of hydrogen-bond acceptors (Lipinski definition) is 3. The van der Waals surface area contributed by atoms with E-state index in [-0.39, 0.29) is 0 Å². The molecule has 0 bridgehead atoms. The fourth-order valence-electron chi connectivity index (χ4n) is 2.61. The molecule has 0 unspecified atom stereocenters. The summed E-state index contributed by atoms with van der Waals surface area (Å²) in [6.45, 7) is 2.60. The zero-order valence-corrected chi connectivity index (χ0v) is 12.5. The summed E-state index contributed by atoms with van der Waals surface area (Å²) in [7, 11) is 1.66. The SMILES string of the molecule is COc1ccccc1Cn1c(C)nc2cc(C(N)=O)ccc21. The second kappa shape index (κ2) is 5.52. The van der Waals surface area contributed by atoms with Gasteiger partial charge in [0.25, 0.3) is 0 Å². The number of amides is 1. The normalized spacial score (nSPS) is 10.8. The average molecular weight is 295 g/mol. The molecule has 5 heteroatoms. The van der Waals surface area contributed by atoms with Crippen LogP contribution in [0.1, 0.15) is 21.7 Å². The van der Waals surface area contributed by atoms with Crippen LogP contribution in [0.3, 0.4) is 0 Å². The van der Waals surface area contributed by atoms with Gasteiger partial charge in [0.1, 0.15) is 11.6 Å². The van der Waals surface area contributed by atoms with Gasteiger partial charge in [-0.15, -0.1) is 0 Å². The molecule has 3 aromatic rings. The minimum atomic E-state index is -0.446. The van der Waals surface area contributed by atoms with Gasteiger partial charge in [-0.1, -0.05) is 18.2 Å². The molecule has 5 nitrogen and oxygen atoms in total. The Bertz CT molecular complexity index is 852. The molecule has 2 N–H and O–H groups in total. The zero-order chi connectivity index (χ0) is 15.7. The number of fused-ring (bicyclic) bond motifs is 1. The molecule has 0 fully saturated rings. The van der Waals surface area contributed by atoms with Crippen LogP contribution in [0.15, 0.2) is 42.5 Å². The quantitative estimate of drug-likeness (QED) is 0.804. The molecule has 1 heterocycles. The van der Waals surface area contributed by atoms with Crippen LogP contribution in [0.5, 0.6) is 5.75 Å². The van der Waals surface area contributed by atoms with E-state index in [0.29, 0.717) is 12.1 Å². The number of rotatable bonds is 4. The van der Waals surface area contributed by atoms with Gasteiger partial charge in [0.15, 0.2) is 0 Å². The van der Waals surface area contributed by atoms with E-state index in [9.17, 15) is 4.79 Å². The first-order valence-electron chi connectivity index (χ1n) is 6.98. The summed E-state index contributed by atoms with van der Waals surface area (Å²) in [5, 5.41) is 0. The molecule has 0 spiro atoms. The van der Waals surface area contributed by atoms with E-state index in [2.05, 4.69) is 9.55 Å². The van der Waals surface area contributed by atoms with Crippen LogP contribution in [-0.4, -0.2) is 22.6 Å². The van der Waals surface area contributed by atoms with Crippen molar-refractivity contribution in [1.82, 2.24) is 9.55 Å². The first kappa shape index (κ1) is 14.1. The lowest BCUT2D eigenvalue weighted by molar-refractivity contribution is 0.100. The highest BCUT2D eigenvalue weighted by Gasteiger charge is 2.12. The fourth-order valence-corrected chi connectivity index (χ4v) is 2.61. The molecule has 0 saturated heterocycles. The van der Waals surface area contributed by atoms with Gasteiger partial charge in [0.05, 0.1) is 24.7 Å². The van der Waals surface area contributed by atoms with Crippen LogP contribution in [0, 0.1) is 6.92 Å². The summed E-state index contributed by atoms with van der Waals surface area (Å²) in [5.74, 6) is 1.28. The third-order valence-corrected chi connectivity index (χ3v) is 3.74. The van der Waals surface area contributed by atoms with Crippen molar-refractivity contribution in [2.24, 2.45) is 5.73 Å². The summed E-state index contributed by atoms with van der Waals surface area (Å²) in [5.41, 5.74) is 8.60. The van der Waals surface area contributed by atoms with Crippen molar-refractivity contribution in [2.45, 2.75) is 13.5 Å². The molecule has 3 rings (SSSR count). The van der Waals surface area contributed by atoms with Crippen molar-refractivity contribution >= 4 is 16.9 Å². The Hall–Kier alpha value is -2.82. The van der Waals surface area contributed by atoms with Crippen molar-refractivity contribution in [3.63, 3.8) is 0 Å². The topological polar surface area (TPSA) is 70.1 Å². The summed E-state index contributed by atoms with van der Waals surface area (Å²) in [6.07, 6.45) is 0. The summed E-state index contributed by atoms with van der Waals surface area (Å²) >= 11 is 0. The number of primary amides is 1. The number of aromatic nitrogens is 2. The molecule has 0 atom stereocenters. The summed E-state index contributed by atoms with van der Waals surface area (Å²) in [6, 6.07) is 13.2. The molecular formula is C17H17N3O2. The Morgan fingerprint density at radius 2 is 2.05 bits per heavy atom. The second-order valence-electron chi connectivity index (χ2n) is 5.12. The molecule has 0 saturated carbocycles. The van der Waals surface area contributed by atoms with Gasteiger partial charge in [-0.05, 0) is 31.2 Å². The van der Waals surface area contributed by atoms with Crippen LogP contribution in [-0.2, 0) is 6.54 Å². The Morgan fingerprint density at radius 3 is 2.77 bits per heavy atom. The van der Waals surface area contributed by atoms with Crippen LogP contribution in [0.2, 0.25) is 0 Å². The molecule has 2 aromatic carbocycles. The predicted molar refractivity (Wildman–Crippen MR) is 85.1 cm³/mol. The minimum absolute atomic E-state index is 0.446. The molecule has 112 valence electrons. The van der Waals surface area contributed by atoms with E-state index in [1.807, 2.05) is 37.3 Å². The van der Waals surface area contributed by atoms with Crippen molar-refractivity contribution < 1.29 is 9.53 Å². The number of ether oxygens (including phenoxy) is 1. The lowest BCUT2D eigenvalue weighted by Gasteiger charge is -2.11. The number of methoxy groups -OCH3 is 1. The van der Waals surface area contributed by atoms with Gasteiger partial charge in [-0.3, -0.25) is 4.79 Å². The summed E-state index contributed by atoms with van der Waals surface area (Å²) in [4.78, 5) is 15.8. The van der Waals surface area contributed by atoms with Crippen molar-refractivity contribution in [3.05, 3.63) is 59.4 Å². The standard InChI is InChI=1S/C17H17N3O2/c1-11-19-14-9-12(17(18)21)7-8-15(14)20(11)10-13-5-3-4-6-16(13)22-2/h3-9H,10H2,1-2H3,(H2,18,21). The van der Waals surface area contributed by atoms with Crippen molar-refractivity contribution in [1.29, 1.82) is 0 Å². The van der Waals surface area contributed by atoms with Gasteiger partial charge in [0.2, 0.25) is 5.91 Å². The number of carbonyl (C=O) groups excluding carboxylic acids is 1. The Kier molecular flexibility index (Phi) is 3.55. The van der Waals surface area contributed by atoms with E-state index in [1.165, 1.54) is 0 Å². The molecule has 0 aliphatic heterocycles. The van der Waals surface area contributed by atoms with Gasteiger partial charge in [0, 0.05) is 11.1 Å². The maximum absolute atomic E-state index is 11.3. The molecule has 0 aliphatic carbocycles. The fraction of sp³-hybridized carbons (Fsp3) is 0.176. The number of hydrogen-bond donors (Lipinski definition) is 1. The maximum atomic E-state index is 11.3. The highest BCUT2D eigenvalue weighted by Crippen LogP contribution is 2.23. The number of carbonyl (C=O) groups is 1. The van der Waals surface area contributed by atoms with Crippen LogP contribution >= 0.6 is 0 Å². The predicted octanol–water partition coefficient (Wildman–Crippen LogP) is 2.50. The molecule has 0 radical (unpaired) electrons. The van der Waals surface area contributed by atoms with Gasteiger partial charge < -0.3 is 15.0 Å². The van der Waals surface area contributed by atoms with Gasteiger partial charge in [-0.2, -0.15) is 0 Å². The number of nitrogens with zero attached hydrogens (tertiary/aromatic N) is 2. The second-order valence-corrected chi connectivity index (χ2v) is 5.12. The maximum Gasteiger partial charge on any atom is 0.248 e. The van der Waals surface area contributed by atoms with Gasteiger partial charge >= 0.3 is 0 Å². The smallest absolute Gasteiger partial charge is 0.248 e. The Balaban J connectivity index is 2.07. The number of benzene rings is 2. The molecule has 1 amide bonds. The first-order valence-corrected chi connectivity index (χ1v) is 6.98. The molecular weight excluding hydrogens is 278 g/mol. The van der Waals surface area contributed by atoms with E-state index < -0.39 is 5.91 Å². The van der Waals surface area contributed by atoms with E-state index >= 15 is 0 Å². The van der Waals surface area contributed by atoms with Crippen LogP contribution in [0.25, 0.3) is 11.0 Å². The molecule has 0 aliphatic rings. The number of imidazole rings is 1. The number of aryl methyl sites for hydroxylation is 1. The van der Waals surface area contributed by atoms with Crippen LogP contribution in [0.4, 0.5) is 0 Å². The van der Waals surface area contributed by atoms with Crippen molar-refractivity contribution in [2.75, 3.05) is 7.11 Å². The zero-order valence-electron chi connectivity index (χ0n) is 12.5. The highest BCUT2D eigenvalue weighted by molar-refractivity contribution is 5.96. The average Bonchev–Trinajstić information content (AvgIpc) is 2.83. The third-order valence-electron chi connectivity index (χ3n) is 3.74. The third kappa shape index (κ3) is 2.41. The lowest BCUT2D eigenvalue weighted by atomic mass is 10.1. The summed E-state index contributed by atoms with van der Waals surface area (Å²) < 4.78 is 7.50. The number of para-hydroxylation sites is 1. The van der Waals surface area contributed by atoms with Crippen LogP contribution < -0.4 is 10.5 Å². The van der Waals surface area contributed by atoms with E-state index in [4.69, 9.17) is 10.5 Å². The largest absolute Gasteiger partial charge is 0.496 e.